The first-order valence-corrected chi connectivity index (χ1v) is 10.1. The summed E-state index contributed by atoms with van der Waals surface area (Å²) in [6, 6.07) is 22.4. The molecule has 2 heterocycles. The van der Waals surface area contributed by atoms with E-state index in [0.29, 0.717) is 5.75 Å². The lowest BCUT2D eigenvalue weighted by Crippen LogP contribution is -2.34. The first kappa shape index (κ1) is 17.1. The van der Waals surface area contributed by atoms with Crippen LogP contribution >= 0.6 is 11.8 Å². The minimum absolute atomic E-state index is 0.0957. The predicted molar refractivity (Wildman–Crippen MR) is 114 cm³/mol. The molecule has 0 radical (unpaired) electrons. The number of nitrogens with zero attached hydrogens (tertiary/aromatic N) is 2. The van der Waals surface area contributed by atoms with Gasteiger partial charge in [0, 0.05) is 5.56 Å². The fourth-order valence-corrected chi connectivity index (χ4v) is 4.56. The normalized spacial score (nSPS) is 18.7. The van der Waals surface area contributed by atoms with Crippen LogP contribution in [-0.2, 0) is 4.79 Å². The van der Waals surface area contributed by atoms with Gasteiger partial charge < -0.3 is 4.74 Å². The van der Waals surface area contributed by atoms with E-state index in [1.165, 1.54) is 22.5 Å². The molecule has 3 aromatic carbocycles. The van der Waals surface area contributed by atoms with Crippen LogP contribution < -0.4 is 4.74 Å². The molecule has 1 amide bonds. The molecule has 3 aromatic rings. The fraction of sp³-hybridized carbons (Fsp3) is 0.130. The van der Waals surface area contributed by atoms with Gasteiger partial charge in [-0.05, 0) is 40.6 Å². The Morgan fingerprint density at radius 3 is 2.61 bits per heavy atom. The zero-order valence-corrected chi connectivity index (χ0v) is 16.1. The smallest absolute Gasteiger partial charge is 0.239 e. The SMILES string of the molecule is COc1ccc([C@@H]2C=C(c3ccc4ccccc4c3)N=C3SCC(=O)N32)cc1. The average Bonchev–Trinajstić information content (AvgIpc) is 3.13. The third-order valence-electron chi connectivity index (χ3n) is 5.11. The van der Waals surface area contributed by atoms with Crippen molar-refractivity contribution in [1.29, 1.82) is 0 Å². The largest absolute Gasteiger partial charge is 0.497 e. The van der Waals surface area contributed by atoms with E-state index in [9.17, 15) is 4.79 Å². The number of thioether (sulfide) groups is 1. The van der Waals surface area contributed by atoms with Crippen molar-refractivity contribution in [3.8, 4) is 5.75 Å². The summed E-state index contributed by atoms with van der Waals surface area (Å²) in [5, 5.41) is 3.16. The lowest BCUT2D eigenvalue weighted by atomic mass is 9.99. The molecule has 0 saturated carbocycles. The van der Waals surface area contributed by atoms with Gasteiger partial charge in [-0.3, -0.25) is 9.69 Å². The van der Waals surface area contributed by atoms with Crippen LogP contribution in [0.25, 0.3) is 16.5 Å². The number of aliphatic imine (C=N–C) groups is 1. The first-order valence-electron chi connectivity index (χ1n) is 9.11. The lowest BCUT2D eigenvalue weighted by Gasteiger charge is -2.29. The third-order valence-corrected chi connectivity index (χ3v) is 6.05. The quantitative estimate of drug-likeness (QED) is 0.645. The van der Waals surface area contributed by atoms with Crippen LogP contribution in [0.3, 0.4) is 0 Å². The monoisotopic (exact) mass is 386 g/mol. The summed E-state index contributed by atoms with van der Waals surface area (Å²) in [6.45, 7) is 0. The second kappa shape index (κ2) is 6.84. The Morgan fingerprint density at radius 1 is 1.04 bits per heavy atom. The van der Waals surface area contributed by atoms with E-state index in [1.807, 2.05) is 36.4 Å². The van der Waals surface area contributed by atoms with Gasteiger partial charge in [-0.1, -0.05) is 60.3 Å². The summed E-state index contributed by atoms with van der Waals surface area (Å²) in [4.78, 5) is 19.1. The molecule has 0 aromatic heterocycles. The topological polar surface area (TPSA) is 41.9 Å². The van der Waals surface area contributed by atoms with Crippen LogP contribution in [0, 0.1) is 0 Å². The minimum atomic E-state index is -0.164. The molecule has 5 rings (SSSR count). The van der Waals surface area contributed by atoms with Crippen LogP contribution in [0.1, 0.15) is 17.2 Å². The molecule has 28 heavy (non-hydrogen) atoms. The maximum atomic E-state index is 12.5. The Labute approximate surface area is 167 Å². The molecule has 138 valence electrons. The Balaban J connectivity index is 1.60. The standard InChI is InChI=1S/C23H18N2O2S/c1-27-19-10-8-16(9-11-19)21-13-20(24-23-25(21)22(26)14-28-23)18-7-6-15-4-2-3-5-17(15)12-18/h2-13,21H,14H2,1H3/t21-/m0/s1. The molecule has 1 fully saturated rings. The van der Waals surface area contributed by atoms with Gasteiger partial charge in [-0.15, -0.1) is 0 Å². The highest BCUT2D eigenvalue weighted by Gasteiger charge is 2.37. The number of fused-ring (bicyclic) bond motifs is 2. The number of methoxy groups -OCH3 is 1. The van der Waals surface area contributed by atoms with Crippen molar-refractivity contribution >= 4 is 39.3 Å². The number of carbonyl (C=O) groups excluding carboxylic acids is 1. The second-order valence-corrected chi connectivity index (χ2v) is 7.72. The molecule has 0 N–H and O–H groups in total. The molecule has 2 aliphatic heterocycles. The van der Waals surface area contributed by atoms with Crippen molar-refractivity contribution in [2.45, 2.75) is 6.04 Å². The summed E-state index contributed by atoms with van der Waals surface area (Å²) < 4.78 is 5.27. The number of rotatable bonds is 3. The van der Waals surface area contributed by atoms with Crippen molar-refractivity contribution in [1.82, 2.24) is 4.90 Å². The molecule has 1 atom stereocenters. The van der Waals surface area contributed by atoms with Crippen LogP contribution in [0.4, 0.5) is 0 Å². The number of amides is 1. The van der Waals surface area contributed by atoms with Gasteiger partial charge in [0.15, 0.2) is 5.17 Å². The Morgan fingerprint density at radius 2 is 1.82 bits per heavy atom. The van der Waals surface area contributed by atoms with Crippen LogP contribution in [-0.4, -0.2) is 28.8 Å². The van der Waals surface area contributed by atoms with Gasteiger partial charge >= 0.3 is 0 Å². The highest BCUT2D eigenvalue weighted by atomic mass is 32.2. The van der Waals surface area contributed by atoms with Gasteiger partial charge in [0.25, 0.3) is 0 Å². The third kappa shape index (κ3) is 2.88. The van der Waals surface area contributed by atoms with Crippen molar-refractivity contribution < 1.29 is 9.53 Å². The van der Waals surface area contributed by atoms with E-state index in [-0.39, 0.29) is 11.9 Å². The van der Waals surface area contributed by atoms with Gasteiger partial charge in [-0.2, -0.15) is 0 Å². The number of benzene rings is 3. The highest BCUT2D eigenvalue weighted by molar-refractivity contribution is 8.15. The van der Waals surface area contributed by atoms with Crippen molar-refractivity contribution in [2.24, 2.45) is 4.99 Å². The Bertz CT molecular complexity index is 1130. The lowest BCUT2D eigenvalue weighted by molar-refractivity contribution is -0.125. The molecular formula is C23H18N2O2S. The van der Waals surface area contributed by atoms with Gasteiger partial charge in [-0.25, -0.2) is 4.99 Å². The summed E-state index contributed by atoms with van der Waals surface area (Å²) in [5.41, 5.74) is 3.01. The second-order valence-electron chi connectivity index (χ2n) is 6.78. The summed E-state index contributed by atoms with van der Waals surface area (Å²) in [7, 11) is 1.65. The van der Waals surface area contributed by atoms with Crippen LogP contribution in [0.15, 0.2) is 77.8 Å². The zero-order valence-electron chi connectivity index (χ0n) is 15.3. The molecule has 1 saturated heterocycles. The summed E-state index contributed by atoms with van der Waals surface area (Å²) in [6.07, 6.45) is 2.08. The van der Waals surface area contributed by atoms with E-state index in [2.05, 4.69) is 36.4 Å². The van der Waals surface area contributed by atoms with Gasteiger partial charge in [0.05, 0.1) is 24.6 Å². The molecule has 0 unspecified atom stereocenters. The van der Waals surface area contributed by atoms with E-state index in [0.717, 1.165) is 27.7 Å². The number of amidine groups is 1. The van der Waals surface area contributed by atoms with E-state index >= 15 is 0 Å². The summed E-state index contributed by atoms with van der Waals surface area (Å²) >= 11 is 1.50. The fourth-order valence-electron chi connectivity index (χ4n) is 3.65. The predicted octanol–water partition coefficient (Wildman–Crippen LogP) is 4.88. The molecule has 5 heteroatoms. The molecule has 0 aliphatic carbocycles. The molecule has 0 spiro atoms. The van der Waals surface area contributed by atoms with E-state index in [1.54, 1.807) is 12.0 Å². The maximum absolute atomic E-state index is 12.5. The van der Waals surface area contributed by atoms with E-state index < -0.39 is 0 Å². The Hall–Kier alpha value is -3.05. The van der Waals surface area contributed by atoms with Crippen LogP contribution in [0.5, 0.6) is 5.75 Å². The molecule has 4 nitrogen and oxygen atoms in total. The highest BCUT2D eigenvalue weighted by Crippen LogP contribution is 2.39. The average molecular weight is 386 g/mol. The zero-order chi connectivity index (χ0) is 19.1. The number of hydrogen-bond donors (Lipinski definition) is 0. The maximum Gasteiger partial charge on any atom is 0.239 e. The van der Waals surface area contributed by atoms with Crippen molar-refractivity contribution in [3.05, 3.63) is 83.9 Å². The number of hydrogen-bond acceptors (Lipinski definition) is 4. The molecule has 2 aliphatic rings. The Kier molecular flexibility index (Phi) is 4.17. The molecular weight excluding hydrogens is 368 g/mol. The molecule has 0 bridgehead atoms. The van der Waals surface area contributed by atoms with E-state index in [4.69, 9.17) is 9.73 Å². The van der Waals surface area contributed by atoms with Crippen molar-refractivity contribution in [3.63, 3.8) is 0 Å². The van der Waals surface area contributed by atoms with Crippen LogP contribution in [0.2, 0.25) is 0 Å². The number of ether oxygens (including phenoxy) is 1. The van der Waals surface area contributed by atoms with Crippen molar-refractivity contribution in [2.75, 3.05) is 12.9 Å². The van der Waals surface area contributed by atoms with Gasteiger partial charge in [0.1, 0.15) is 5.75 Å². The number of carbonyl (C=O) groups is 1. The minimum Gasteiger partial charge on any atom is -0.497 e. The summed E-state index contributed by atoms with van der Waals surface area (Å²) in [5.74, 6) is 1.33. The first-order chi connectivity index (χ1) is 13.7. The van der Waals surface area contributed by atoms with Gasteiger partial charge in [0.2, 0.25) is 5.91 Å².